The molecular weight excluding hydrogens is 536 g/mol. The molecule has 0 atom stereocenters. The van der Waals surface area contributed by atoms with Crippen LogP contribution >= 0.6 is 23.5 Å². The van der Waals surface area contributed by atoms with E-state index < -0.39 is 0 Å². The molecule has 5 rings (SSSR count). The number of thioether (sulfide) groups is 2. The molecule has 0 unspecified atom stereocenters. The molecule has 0 aliphatic rings. The third-order valence-electron chi connectivity index (χ3n) is 5.19. The highest BCUT2D eigenvalue weighted by atomic mass is 32.2. The predicted molar refractivity (Wildman–Crippen MR) is 148 cm³/mol. The van der Waals surface area contributed by atoms with Crippen molar-refractivity contribution in [3.63, 3.8) is 0 Å². The second-order valence-electron chi connectivity index (χ2n) is 8.18. The molecule has 0 fully saturated rings. The fourth-order valence-electron chi connectivity index (χ4n) is 3.58. The molecule has 0 radical (unpaired) electrons. The summed E-state index contributed by atoms with van der Waals surface area (Å²) in [5.41, 5.74) is 3.63. The van der Waals surface area contributed by atoms with Crippen molar-refractivity contribution in [2.45, 2.75) is 17.2 Å². The van der Waals surface area contributed by atoms with Gasteiger partial charge in [-0.3, -0.25) is 9.59 Å². The van der Waals surface area contributed by atoms with Gasteiger partial charge in [-0.15, -0.1) is 10.2 Å². The minimum absolute atomic E-state index is 0.107. The van der Waals surface area contributed by atoms with E-state index in [4.69, 9.17) is 0 Å². The maximum absolute atomic E-state index is 12.7. The van der Waals surface area contributed by atoms with E-state index in [0.717, 1.165) is 16.9 Å². The number of tetrazole rings is 2. The molecule has 2 amide bonds. The van der Waals surface area contributed by atoms with E-state index in [1.54, 1.807) is 15.4 Å². The van der Waals surface area contributed by atoms with Gasteiger partial charge in [0, 0.05) is 11.4 Å². The highest BCUT2D eigenvalue weighted by Gasteiger charge is 2.14. The summed E-state index contributed by atoms with van der Waals surface area (Å²) in [6, 6.07) is 24.3. The Bertz CT molecular complexity index is 1460. The van der Waals surface area contributed by atoms with Crippen LogP contribution in [0.2, 0.25) is 0 Å². The number of anilines is 2. The summed E-state index contributed by atoms with van der Waals surface area (Å²) < 4.78 is 3.16. The van der Waals surface area contributed by atoms with Crippen LogP contribution < -0.4 is 10.6 Å². The summed E-state index contributed by atoms with van der Waals surface area (Å²) in [4.78, 5) is 25.3. The molecule has 0 spiro atoms. The van der Waals surface area contributed by atoms with Gasteiger partial charge in [0.2, 0.25) is 22.1 Å². The molecule has 0 aliphatic heterocycles. The van der Waals surface area contributed by atoms with Crippen molar-refractivity contribution in [1.82, 2.24) is 40.4 Å². The number of carbonyl (C=O) groups is 2. The molecule has 0 aliphatic carbocycles. The number of hydrogen-bond donors (Lipinski definition) is 2. The first kappa shape index (κ1) is 26.1. The lowest BCUT2D eigenvalue weighted by atomic mass is 10.2. The lowest BCUT2D eigenvalue weighted by Crippen LogP contribution is -2.17. The van der Waals surface area contributed by atoms with Crippen LogP contribution in [0.5, 0.6) is 0 Å². The normalized spacial score (nSPS) is 10.8. The first-order valence-electron chi connectivity index (χ1n) is 11.7. The fraction of sp³-hybridized carbons (Fsp3) is 0.120. The van der Waals surface area contributed by atoms with E-state index in [1.807, 2.05) is 79.7 Å². The Morgan fingerprint density at radius 1 is 0.692 bits per heavy atom. The maximum atomic E-state index is 12.7. The molecule has 0 saturated carbocycles. The zero-order chi connectivity index (χ0) is 27.0. The van der Waals surface area contributed by atoms with Gasteiger partial charge in [0.1, 0.15) is 0 Å². The Morgan fingerprint density at radius 3 is 1.56 bits per heavy atom. The summed E-state index contributed by atoms with van der Waals surface area (Å²) in [5.74, 6) is -0.242. The predicted octanol–water partition coefficient (Wildman–Crippen LogP) is 3.41. The second-order valence-corrected chi connectivity index (χ2v) is 10.1. The molecule has 2 aromatic heterocycles. The third kappa shape index (κ3) is 6.86. The molecule has 12 nitrogen and oxygen atoms in total. The number of aryl methyl sites for hydroxylation is 1. The average Bonchev–Trinajstić information content (AvgIpc) is 3.61. The number of nitrogens with one attached hydrogen (secondary N) is 2. The number of carbonyl (C=O) groups excluding carboxylic acids is 2. The van der Waals surface area contributed by atoms with Gasteiger partial charge in [0.05, 0.1) is 22.9 Å². The largest absolute Gasteiger partial charge is 0.325 e. The van der Waals surface area contributed by atoms with Crippen LogP contribution in [-0.4, -0.2) is 63.7 Å². The molecule has 39 heavy (non-hydrogen) atoms. The van der Waals surface area contributed by atoms with Gasteiger partial charge in [-0.25, -0.2) is 0 Å². The van der Waals surface area contributed by atoms with Crippen molar-refractivity contribution in [3.05, 3.63) is 84.4 Å². The number of nitrogens with zero attached hydrogens (tertiary/aromatic N) is 8. The minimum atomic E-state index is -0.228. The van der Waals surface area contributed by atoms with E-state index in [0.29, 0.717) is 21.7 Å². The summed E-state index contributed by atoms with van der Waals surface area (Å²) in [6.45, 7) is 1.89. The van der Waals surface area contributed by atoms with Crippen LogP contribution in [0.3, 0.4) is 0 Å². The smallest absolute Gasteiger partial charge is 0.234 e. The van der Waals surface area contributed by atoms with Gasteiger partial charge in [-0.1, -0.05) is 59.9 Å². The van der Waals surface area contributed by atoms with Crippen LogP contribution in [0.4, 0.5) is 11.4 Å². The Kier molecular flexibility index (Phi) is 8.23. The fourth-order valence-corrected chi connectivity index (χ4v) is 4.96. The first-order chi connectivity index (χ1) is 19.0. The number of amides is 2. The van der Waals surface area contributed by atoms with Gasteiger partial charge < -0.3 is 10.6 Å². The lowest BCUT2D eigenvalue weighted by molar-refractivity contribution is -0.114. The zero-order valence-electron chi connectivity index (χ0n) is 20.6. The standard InChI is InChI=1S/C25H22N10O2S2/c1-17-12-18(26-22(36)15-38-24-28-30-32-34(24)20-8-4-2-5-9-20)14-19(13-17)27-23(37)16-39-25-29-31-33-35(25)21-10-6-3-7-11-21/h2-14H,15-16H2,1H3,(H,26,36)(H,27,37). The van der Waals surface area contributed by atoms with Crippen LogP contribution in [0, 0.1) is 6.92 Å². The monoisotopic (exact) mass is 558 g/mol. The van der Waals surface area contributed by atoms with E-state index in [1.165, 1.54) is 23.5 Å². The number of rotatable bonds is 10. The highest BCUT2D eigenvalue weighted by molar-refractivity contribution is 8.00. The minimum Gasteiger partial charge on any atom is -0.325 e. The number of hydrogen-bond acceptors (Lipinski definition) is 10. The average molecular weight is 559 g/mol. The summed E-state index contributed by atoms with van der Waals surface area (Å²) in [5, 5.41) is 30.2. The summed E-state index contributed by atoms with van der Waals surface area (Å²) >= 11 is 2.45. The van der Waals surface area contributed by atoms with Gasteiger partial charge in [0.25, 0.3) is 0 Å². The molecule has 3 aromatic carbocycles. The molecule has 2 heterocycles. The summed E-state index contributed by atoms with van der Waals surface area (Å²) in [6.07, 6.45) is 0. The maximum Gasteiger partial charge on any atom is 0.234 e. The van der Waals surface area contributed by atoms with Crippen molar-refractivity contribution < 1.29 is 9.59 Å². The third-order valence-corrected chi connectivity index (χ3v) is 7.03. The first-order valence-corrected chi connectivity index (χ1v) is 13.7. The molecule has 0 bridgehead atoms. The summed E-state index contributed by atoms with van der Waals surface area (Å²) in [7, 11) is 0. The number of aromatic nitrogens is 8. The topological polar surface area (TPSA) is 145 Å². The highest BCUT2D eigenvalue weighted by Crippen LogP contribution is 2.22. The van der Waals surface area contributed by atoms with Crippen molar-refractivity contribution in [2.75, 3.05) is 22.1 Å². The van der Waals surface area contributed by atoms with Gasteiger partial charge >= 0.3 is 0 Å². The molecule has 0 saturated heterocycles. The number of benzene rings is 3. The van der Waals surface area contributed by atoms with Crippen molar-refractivity contribution in [3.8, 4) is 11.4 Å². The Morgan fingerprint density at radius 2 is 1.13 bits per heavy atom. The van der Waals surface area contributed by atoms with E-state index >= 15 is 0 Å². The molecular formula is C25H22N10O2S2. The van der Waals surface area contributed by atoms with E-state index in [9.17, 15) is 9.59 Å². The Labute approximate surface area is 231 Å². The van der Waals surface area contributed by atoms with Gasteiger partial charge in [-0.2, -0.15) is 9.36 Å². The van der Waals surface area contributed by atoms with Crippen LogP contribution in [-0.2, 0) is 9.59 Å². The van der Waals surface area contributed by atoms with Gasteiger partial charge in [-0.05, 0) is 75.8 Å². The van der Waals surface area contributed by atoms with Crippen LogP contribution in [0.15, 0.2) is 89.2 Å². The Hall–Kier alpha value is -4.56. The van der Waals surface area contributed by atoms with Crippen molar-refractivity contribution in [2.24, 2.45) is 0 Å². The zero-order valence-corrected chi connectivity index (χ0v) is 22.3. The lowest BCUT2D eigenvalue weighted by Gasteiger charge is -2.11. The van der Waals surface area contributed by atoms with E-state index in [-0.39, 0.29) is 23.3 Å². The van der Waals surface area contributed by atoms with Crippen molar-refractivity contribution in [1.29, 1.82) is 0 Å². The van der Waals surface area contributed by atoms with E-state index in [2.05, 4.69) is 41.7 Å². The number of para-hydroxylation sites is 2. The van der Waals surface area contributed by atoms with Crippen LogP contribution in [0.25, 0.3) is 11.4 Å². The molecule has 2 N–H and O–H groups in total. The van der Waals surface area contributed by atoms with Crippen LogP contribution in [0.1, 0.15) is 5.56 Å². The molecule has 14 heteroatoms. The Balaban J connectivity index is 1.16. The SMILES string of the molecule is Cc1cc(NC(=O)CSc2nnnn2-c2ccccc2)cc(NC(=O)CSc2nnnn2-c2ccccc2)c1. The molecule has 5 aromatic rings. The van der Waals surface area contributed by atoms with Gasteiger partial charge in [0.15, 0.2) is 0 Å². The molecule has 196 valence electrons. The quantitative estimate of drug-likeness (QED) is 0.245. The second kappa shape index (κ2) is 12.3. The van der Waals surface area contributed by atoms with Crippen molar-refractivity contribution >= 4 is 46.7 Å².